The highest BCUT2D eigenvalue weighted by atomic mass is 32.1. The molecule has 0 saturated heterocycles. The number of amides is 1. The Morgan fingerprint density at radius 1 is 1.40 bits per heavy atom. The molecule has 0 fully saturated rings. The lowest BCUT2D eigenvalue weighted by Gasteiger charge is -2.00. The monoisotopic (exact) mass is 304 g/mol. The molecule has 0 radical (unpaired) electrons. The SMILES string of the molecule is Cc1cc(CNC(=O)c2csc(C#CCN)c2)sc1C. The van der Waals surface area contributed by atoms with Crippen LogP contribution in [0.15, 0.2) is 17.5 Å². The topological polar surface area (TPSA) is 55.1 Å². The van der Waals surface area contributed by atoms with E-state index >= 15 is 0 Å². The molecule has 5 heteroatoms. The number of hydrogen-bond donors (Lipinski definition) is 2. The van der Waals surface area contributed by atoms with Crippen LogP contribution >= 0.6 is 22.7 Å². The Balaban J connectivity index is 1.96. The first-order valence-electron chi connectivity index (χ1n) is 6.21. The highest BCUT2D eigenvalue weighted by molar-refractivity contribution is 7.12. The lowest BCUT2D eigenvalue weighted by molar-refractivity contribution is 0.0951. The van der Waals surface area contributed by atoms with Crippen LogP contribution in [0.4, 0.5) is 0 Å². The van der Waals surface area contributed by atoms with Crippen molar-refractivity contribution >= 4 is 28.6 Å². The number of aryl methyl sites for hydroxylation is 2. The number of hydrogen-bond acceptors (Lipinski definition) is 4. The Bertz CT molecular complexity index is 654. The molecule has 0 bridgehead atoms. The Hall–Kier alpha value is -1.61. The zero-order chi connectivity index (χ0) is 14.5. The normalized spacial score (nSPS) is 9.95. The molecule has 20 heavy (non-hydrogen) atoms. The molecule has 0 unspecified atom stereocenters. The van der Waals surface area contributed by atoms with Crippen LogP contribution in [0.2, 0.25) is 0 Å². The minimum Gasteiger partial charge on any atom is -0.347 e. The van der Waals surface area contributed by atoms with Gasteiger partial charge in [-0.3, -0.25) is 4.79 Å². The summed E-state index contributed by atoms with van der Waals surface area (Å²) >= 11 is 3.18. The number of nitrogens with one attached hydrogen (secondary N) is 1. The lowest BCUT2D eigenvalue weighted by Crippen LogP contribution is -2.21. The Kier molecular flexibility index (Phi) is 4.96. The third kappa shape index (κ3) is 3.70. The van der Waals surface area contributed by atoms with Gasteiger partial charge in [0.05, 0.1) is 23.5 Å². The molecule has 0 aromatic carbocycles. The first-order chi connectivity index (χ1) is 9.60. The Labute approximate surface area is 126 Å². The van der Waals surface area contributed by atoms with Gasteiger partial charge in [0.15, 0.2) is 0 Å². The van der Waals surface area contributed by atoms with Gasteiger partial charge in [0.25, 0.3) is 5.91 Å². The van der Waals surface area contributed by atoms with Crippen molar-refractivity contribution in [3.05, 3.63) is 43.3 Å². The Morgan fingerprint density at radius 2 is 2.20 bits per heavy atom. The van der Waals surface area contributed by atoms with Crippen molar-refractivity contribution in [3.8, 4) is 11.8 Å². The molecule has 3 nitrogen and oxygen atoms in total. The highest BCUT2D eigenvalue weighted by Crippen LogP contribution is 2.20. The molecule has 2 heterocycles. The van der Waals surface area contributed by atoms with Gasteiger partial charge in [0.1, 0.15) is 0 Å². The van der Waals surface area contributed by atoms with Gasteiger partial charge in [-0.05, 0) is 31.5 Å². The second-order valence-corrected chi connectivity index (χ2v) is 6.59. The van der Waals surface area contributed by atoms with E-state index in [-0.39, 0.29) is 5.91 Å². The van der Waals surface area contributed by atoms with Crippen LogP contribution in [0.1, 0.15) is 30.6 Å². The zero-order valence-corrected chi connectivity index (χ0v) is 13.1. The van der Waals surface area contributed by atoms with Gasteiger partial charge in [0, 0.05) is 15.1 Å². The van der Waals surface area contributed by atoms with E-state index in [4.69, 9.17) is 5.73 Å². The first kappa shape index (κ1) is 14.8. The summed E-state index contributed by atoms with van der Waals surface area (Å²) in [5.41, 5.74) is 7.25. The predicted octanol–water partition coefficient (Wildman–Crippen LogP) is 2.67. The summed E-state index contributed by atoms with van der Waals surface area (Å²) in [6.45, 7) is 5.07. The molecule has 104 valence electrons. The van der Waals surface area contributed by atoms with E-state index in [1.807, 2.05) is 5.38 Å². The number of thiophene rings is 2. The van der Waals surface area contributed by atoms with Crippen LogP contribution in [0.25, 0.3) is 0 Å². The molecular formula is C15H16N2OS2. The van der Waals surface area contributed by atoms with Gasteiger partial charge in [-0.2, -0.15) is 0 Å². The summed E-state index contributed by atoms with van der Waals surface area (Å²) in [4.78, 5) is 15.4. The zero-order valence-electron chi connectivity index (χ0n) is 11.4. The molecule has 0 aliphatic heterocycles. The lowest BCUT2D eigenvalue weighted by atomic mass is 10.2. The number of carbonyl (C=O) groups is 1. The molecule has 2 rings (SSSR count). The standard InChI is InChI=1S/C15H16N2OS2/c1-10-6-14(20-11(10)2)8-17-15(18)12-7-13(19-9-12)4-3-5-16/h6-7,9H,5,8,16H2,1-2H3,(H,17,18). The average Bonchev–Trinajstić information content (AvgIpc) is 3.01. The maximum atomic E-state index is 12.0. The quantitative estimate of drug-likeness (QED) is 0.857. The molecule has 2 aromatic heterocycles. The van der Waals surface area contributed by atoms with E-state index in [9.17, 15) is 4.79 Å². The summed E-state index contributed by atoms with van der Waals surface area (Å²) in [5.74, 6) is 5.65. The van der Waals surface area contributed by atoms with Crippen molar-refractivity contribution in [3.63, 3.8) is 0 Å². The molecule has 0 aliphatic carbocycles. The van der Waals surface area contributed by atoms with Gasteiger partial charge < -0.3 is 11.1 Å². The van der Waals surface area contributed by atoms with Crippen LogP contribution in [-0.4, -0.2) is 12.5 Å². The third-order valence-corrected chi connectivity index (χ3v) is 4.81. The predicted molar refractivity (Wildman–Crippen MR) is 85.2 cm³/mol. The van der Waals surface area contributed by atoms with Crippen LogP contribution < -0.4 is 11.1 Å². The molecule has 2 aromatic rings. The van der Waals surface area contributed by atoms with Crippen molar-refractivity contribution in [1.29, 1.82) is 0 Å². The van der Waals surface area contributed by atoms with Crippen LogP contribution in [0.5, 0.6) is 0 Å². The van der Waals surface area contributed by atoms with E-state index in [0.717, 1.165) is 4.88 Å². The van der Waals surface area contributed by atoms with E-state index in [2.05, 4.69) is 37.1 Å². The van der Waals surface area contributed by atoms with Crippen molar-refractivity contribution in [2.24, 2.45) is 5.73 Å². The molecular weight excluding hydrogens is 288 g/mol. The van der Waals surface area contributed by atoms with Crippen LogP contribution in [-0.2, 0) is 6.54 Å². The highest BCUT2D eigenvalue weighted by Gasteiger charge is 2.09. The van der Waals surface area contributed by atoms with Gasteiger partial charge in [-0.15, -0.1) is 22.7 Å². The molecule has 0 spiro atoms. The largest absolute Gasteiger partial charge is 0.347 e. The summed E-state index contributed by atoms with van der Waals surface area (Å²) in [5, 5.41) is 4.75. The smallest absolute Gasteiger partial charge is 0.252 e. The molecule has 0 aliphatic rings. The molecule has 0 atom stereocenters. The summed E-state index contributed by atoms with van der Waals surface area (Å²) in [6.07, 6.45) is 0. The van der Waals surface area contributed by atoms with Crippen molar-refractivity contribution in [2.75, 3.05) is 6.54 Å². The van der Waals surface area contributed by atoms with Gasteiger partial charge in [-0.25, -0.2) is 0 Å². The fourth-order valence-electron chi connectivity index (χ4n) is 1.67. The average molecular weight is 304 g/mol. The second-order valence-electron chi connectivity index (χ2n) is 4.34. The fraction of sp³-hybridized carbons (Fsp3) is 0.267. The maximum Gasteiger partial charge on any atom is 0.252 e. The van der Waals surface area contributed by atoms with Crippen molar-refractivity contribution < 1.29 is 4.79 Å². The van der Waals surface area contributed by atoms with Gasteiger partial charge >= 0.3 is 0 Å². The van der Waals surface area contributed by atoms with Crippen LogP contribution in [0.3, 0.4) is 0 Å². The minimum absolute atomic E-state index is 0.0641. The van der Waals surface area contributed by atoms with Crippen molar-refractivity contribution in [1.82, 2.24) is 5.32 Å². The van der Waals surface area contributed by atoms with Gasteiger partial charge in [0.2, 0.25) is 0 Å². The molecule has 0 saturated carbocycles. The minimum atomic E-state index is -0.0641. The van der Waals surface area contributed by atoms with E-state index in [0.29, 0.717) is 18.7 Å². The van der Waals surface area contributed by atoms with Crippen LogP contribution in [0, 0.1) is 25.7 Å². The van der Waals surface area contributed by atoms with Crippen molar-refractivity contribution in [2.45, 2.75) is 20.4 Å². The fourth-order valence-corrected chi connectivity index (χ4v) is 3.41. The van der Waals surface area contributed by atoms with Gasteiger partial charge in [-0.1, -0.05) is 11.8 Å². The Morgan fingerprint density at radius 3 is 2.85 bits per heavy atom. The molecule has 3 N–H and O–H groups in total. The number of nitrogens with two attached hydrogens (primary N) is 1. The van der Waals surface area contributed by atoms with E-state index in [1.165, 1.54) is 26.7 Å². The first-order valence-corrected chi connectivity index (χ1v) is 7.91. The summed E-state index contributed by atoms with van der Waals surface area (Å²) < 4.78 is 0. The third-order valence-electron chi connectivity index (χ3n) is 2.82. The second kappa shape index (κ2) is 6.71. The maximum absolute atomic E-state index is 12.0. The number of rotatable bonds is 3. The van der Waals surface area contributed by atoms with E-state index in [1.54, 1.807) is 17.4 Å². The number of carbonyl (C=O) groups excluding carboxylic acids is 1. The summed E-state index contributed by atoms with van der Waals surface area (Å²) in [7, 11) is 0. The van der Waals surface area contributed by atoms with E-state index < -0.39 is 0 Å². The summed E-state index contributed by atoms with van der Waals surface area (Å²) in [6, 6.07) is 3.92. The molecule has 1 amide bonds.